The number of amides is 1. The van der Waals surface area contributed by atoms with Gasteiger partial charge >= 0.3 is 6.09 Å². The highest BCUT2D eigenvalue weighted by molar-refractivity contribution is 14.0. The molecule has 1 aromatic carbocycles. The Morgan fingerprint density at radius 2 is 2.08 bits per heavy atom. The number of benzene rings is 1. The fourth-order valence-electron chi connectivity index (χ4n) is 2.27. The number of aliphatic imine (C=N–C) groups is 1. The summed E-state index contributed by atoms with van der Waals surface area (Å²) in [7, 11) is 1.67. The molecule has 25 heavy (non-hydrogen) atoms. The van der Waals surface area contributed by atoms with Crippen LogP contribution in [0.15, 0.2) is 29.3 Å². The minimum absolute atomic E-state index is 0. The van der Waals surface area contributed by atoms with Gasteiger partial charge in [0.05, 0.1) is 6.04 Å². The highest BCUT2D eigenvalue weighted by Crippen LogP contribution is 2.15. The van der Waals surface area contributed by atoms with Gasteiger partial charge < -0.3 is 20.3 Å². The van der Waals surface area contributed by atoms with Crippen LogP contribution in [-0.4, -0.2) is 48.7 Å². The van der Waals surface area contributed by atoms with Crippen molar-refractivity contribution in [2.24, 2.45) is 4.99 Å². The van der Waals surface area contributed by atoms with Gasteiger partial charge in [-0.1, -0.05) is 12.1 Å². The van der Waals surface area contributed by atoms with Crippen molar-refractivity contribution in [2.45, 2.75) is 39.0 Å². The van der Waals surface area contributed by atoms with Crippen LogP contribution in [0.3, 0.4) is 0 Å². The molecule has 1 aliphatic rings. The second-order valence-electron chi connectivity index (χ2n) is 6.78. The lowest BCUT2D eigenvalue weighted by molar-refractivity contribution is 0.00701. The number of ether oxygens (including phenoxy) is 1. The number of nitrogens with one attached hydrogen (secondary N) is 2. The van der Waals surface area contributed by atoms with Gasteiger partial charge in [-0.15, -0.1) is 24.0 Å². The number of halogens is 2. The van der Waals surface area contributed by atoms with E-state index in [0.717, 1.165) is 5.56 Å². The Balaban J connectivity index is 0.00000312. The monoisotopic (exact) mass is 464 g/mol. The van der Waals surface area contributed by atoms with Gasteiger partial charge in [0.25, 0.3) is 0 Å². The quantitative estimate of drug-likeness (QED) is 0.410. The molecule has 0 aliphatic carbocycles. The number of likely N-dealkylation sites (tertiary alicyclic amines) is 1. The van der Waals surface area contributed by atoms with Crippen molar-refractivity contribution in [3.8, 4) is 0 Å². The SMILES string of the molecule is CN=C(NCc1cccc(F)c1)NC1CN(C(=O)OC(C)(C)C)C1.I. The fraction of sp³-hybridized carbons (Fsp3) is 0.529. The van der Waals surface area contributed by atoms with E-state index in [-0.39, 0.29) is 41.9 Å². The first kappa shape index (κ1) is 21.5. The summed E-state index contributed by atoms with van der Waals surface area (Å²) in [5, 5.41) is 6.36. The summed E-state index contributed by atoms with van der Waals surface area (Å²) in [6.07, 6.45) is -0.303. The van der Waals surface area contributed by atoms with Crippen LogP contribution in [0.5, 0.6) is 0 Å². The van der Waals surface area contributed by atoms with Crippen molar-refractivity contribution in [2.75, 3.05) is 20.1 Å². The van der Waals surface area contributed by atoms with Gasteiger partial charge in [0, 0.05) is 26.7 Å². The van der Waals surface area contributed by atoms with E-state index in [4.69, 9.17) is 4.74 Å². The Kier molecular flexibility index (Phi) is 7.91. The summed E-state index contributed by atoms with van der Waals surface area (Å²) in [6.45, 7) is 7.14. The lowest BCUT2D eigenvalue weighted by Crippen LogP contribution is -2.63. The molecule has 0 radical (unpaired) electrons. The topological polar surface area (TPSA) is 66.0 Å². The Labute approximate surface area is 165 Å². The Hall–Kier alpha value is -1.58. The van der Waals surface area contributed by atoms with Gasteiger partial charge in [-0.25, -0.2) is 9.18 Å². The smallest absolute Gasteiger partial charge is 0.410 e. The second-order valence-corrected chi connectivity index (χ2v) is 6.78. The molecule has 1 amide bonds. The van der Waals surface area contributed by atoms with Crippen molar-refractivity contribution in [3.63, 3.8) is 0 Å². The van der Waals surface area contributed by atoms with Crippen LogP contribution in [0.2, 0.25) is 0 Å². The van der Waals surface area contributed by atoms with Crippen molar-refractivity contribution in [1.82, 2.24) is 15.5 Å². The predicted molar refractivity (Wildman–Crippen MR) is 107 cm³/mol. The molecule has 0 aromatic heterocycles. The molecule has 1 heterocycles. The predicted octanol–water partition coefficient (Wildman–Crippen LogP) is 2.73. The molecule has 0 bridgehead atoms. The summed E-state index contributed by atoms with van der Waals surface area (Å²) in [5.74, 6) is 0.359. The molecule has 0 spiro atoms. The van der Waals surface area contributed by atoms with E-state index in [1.54, 1.807) is 18.0 Å². The molecule has 140 valence electrons. The van der Waals surface area contributed by atoms with Gasteiger partial charge in [-0.05, 0) is 38.5 Å². The molecule has 2 N–H and O–H groups in total. The van der Waals surface area contributed by atoms with Crippen LogP contribution in [0, 0.1) is 5.82 Å². The summed E-state index contributed by atoms with van der Waals surface area (Å²) in [4.78, 5) is 17.7. The molecule has 0 unspecified atom stereocenters. The zero-order valence-electron chi connectivity index (χ0n) is 15.0. The zero-order chi connectivity index (χ0) is 17.7. The maximum atomic E-state index is 13.2. The number of hydrogen-bond donors (Lipinski definition) is 2. The first-order valence-corrected chi connectivity index (χ1v) is 7.96. The van der Waals surface area contributed by atoms with Crippen LogP contribution in [0.25, 0.3) is 0 Å². The number of guanidine groups is 1. The van der Waals surface area contributed by atoms with Gasteiger partial charge in [-0.3, -0.25) is 4.99 Å². The molecule has 1 saturated heterocycles. The van der Waals surface area contributed by atoms with E-state index < -0.39 is 5.60 Å². The first-order valence-electron chi connectivity index (χ1n) is 7.96. The van der Waals surface area contributed by atoms with Crippen molar-refractivity contribution in [3.05, 3.63) is 35.6 Å². The van der Waals surface area contributed by atoms with E-state index in [1.807, 2.05) is 26.8 Å². The Bertz CT molecular complexity index is 613. The minimum atomic E-state index is -0.488. The Morgan fingerprint density at radius 3 is 2.64 bits per heavy atom. The van der Waals surface area contributed by atoms with Crippen LogP contribution in [0.4, 0.5) is 9.18 Å². The molecule has 6 nitrogen and oxygen atoms in total. The average molecular weight is 464 g/mol. The molecule has 2 rings (SSSR count). The third-order valence-corrected chi connectivity index (χ3v) is 3.45. The molecule has 0 saturated carbocycles. The number of nitrogens with zero attached hydrogens (tertiary/aromatic N) is 2. The third kappa shape index (κ3) is 7.05. The summed E-state index contributed by atoms with van der Waals surface area (Å²) >= 11 is 0. The number of rotatable bonds is 3. The maximum absolute atomic E-state index is 13.2. The average Bonchev–Trinajstić information content (AvgIpc) is 2.43. The standard InChI is InChI=1S/C17H25FN4O2.HI/c1-17(2,3)24-16(23)22-10-14(11-22)21-15(19-4)20-9-12-6-5-7-13(18)8-12;/h5-8,14H,9-11H2,1-4H3,(H2,19,20,21);1H. The van der Waals surface area contributed by atoms with Crippen LogP contribution >= 0.6 is 24.0 Å². The number of hydrogen-bond acceptors (Lipinski definition) is 3. The van der Waals surface area contributed by atoms with Gasteiger partial charge in [0.15, 0.2) is 5.96 Å². The van der Waals surface area contributed by atoms with E-state index in [0.29, 0.717) is 25.6 Å². The van der Waals surface area contributed by atoms with Crippen LogP contribution in [-0.2, 0) is 11.3 Å². The molecule has 0 atom stereocenters. The largest absolute Gasteiger partial charge is 0.444 e. The van der Waals surface area contributed by atoms with Gasteiger partial charge in [0.2, 0.25) is 0 Å². The van der Waals surface area contributed by atoms with E-state index >= 15 is 0 Å². The maximum Gasteiger partial charge on any atom is 0.410 e. The van der Waals surface area contributed by atoms with Gasteiger partial charge in [-0.2, -0.15) is 0 Å². The van der Waals surface area contributed by atoms with Gasteiger partial charge in [0.1, 0.15) is 11.4 Å². The molecular formula is C17H26FIN4O2. The minimum Gasteiger partial charge on any atom is -0.444 e. The van der Waals surface area contributed by atoms with E-state index in [9.17, 15) is 9.18 Å². The van der Waals surface area contributed by atoms with E-state index in [2.05, 4.69) is 15.6 Å². The highest BCUT2D eigenvalue weighted by Gasteiger charge is 2.34. The summed E-state index contributed by atoms with van der Waals surface area (Å²) in [5.41, 5.74) is 0.347. The molecule has 1 fully saturated rings. The van der Waals surface area contributed by atoms with Crippen molar-refractivity contribution in [1.29, 1.82) is 0 Å². The highest BCUT2D eigenvalue weighted by atomic mass is 127. The number of carbonyl (C=O) groups is 1. The zero-order valence-corrected chi connectivity index (χ0v) is 17.3. The molecule has 1 aliphatic heterocycles. The Morgan fingerprint density at radius 1 is 1.40 bits per heavy atom. The second kappa shape index (κ2) is 9.21. The van der Waals surface area contributed by atoms with Crippen molar-refractivity contribution >= 4 is 36.0 Å². The summed E-state index contributed by atoms with van der Waals surface area (Å²) < 4.78 is 18.5. The van der Waals surface area contributed by atoms with Crippen LogP contribution < -0.4 is 10.6 Å². The lowest BCUT2D eigenvalue weighted by Gasteiger charge is -2.40. The summed E-state index contributed by atoms with van der Waals surface area (Å²) in [6, 6.07) is 6.53. The van der Waals surface area contributed by atoms with Crippen LogP contribution in [0.1, 0.15) is 26.3 Å². The molecule has 8 heteroatoms. The normalized spacial score (nSPS) is 15.1. The molecular weight excluding hydrogens is 438 g/mol. The number of carbonyl (C=O) groups excluding carboxylic acids is 1. The molecule has 1 aromatic rings. The lowest BCUT2D eigenvalue weighted by atomic mass is 10.1. The van der Waals surface area contributed by atoms with E-state index in [1.165, 1.54) is 12.1 Å². The first-order chi connectivity index (χ1) is 11.3. The van der Waals surface area contributed by atoms with Crippen molar-refractivity contribution < 1.29 is 13.9 Å². The fourth-order valence-corrected chi connectivity index (χ4v) is 2.27. The third-order valence-electron chi connectivity index (χ3n) is 3.45.